The number of nitrogens with zero attached hydrogens (tertiary/aromatic N) is 3. The fraction of sp³-hybridized carbons (Fsp3) is 0. The fourth-order valence-electron chi connectivity index (χ4n) is 8.24. The molecule has 0 bridgehead atoms. The first-order chi connectivity index (χ1) is 25.8. The van der Waals surface area contributed by atoms with Crippen LogP contribution in [-0.2, 0) is 0 Å². The van der Waals surface area contributed by atoms with Crippen molar-refractivity contribution in [3.63, 3.8) is 0 Å². The van der Waals surface area contributed by atoms with Gasteiger partial charge in [-0.2, -0.15) is 0 Å². The van der Waals surface area contributed by atoms with E-state index in [-0.39, 0.29) is 0 Å². The van der Waals surface area contributed by atoms with Crippen LogP contribution in [0, 0.1) is 0 Å². The Hall–Kier alpha value is -6.88. The second kappa shape index (κ2) is 11.3. The van der Waals surface area contributed by atoms with Crippen LogP contribution in [0.3, 0.4) is 0 Å². The number of quaternary nitrogens is 1. The molecule has 1 aliphatic heterocycles. The first-order valence-electron chi connectivity index (χ1n) is 17.8. The Morgan fingerprint density at radius 1 is 0.481 bits per heavy atom. The molecule has 4 heterocycles. The van der Waals surface area contributed by atoms with E-state index in [0.717, 1.165) is 66.5 Å². The van der Waals surface area contributed by atoms with Gasteiger partial charge in [0.15, 0.2) is 5.69 Å². The third-order valence-corrected chi connectivity index (χ3v) is 10.6. The molecule has 4 heteroatoms. The molecule has 0 amide bonds. The summed E-state index contributed by atoms with van der Waals surface area (Å²) in [5, 5.41) is 9.27. The van der Waals surface area contributed by atoms with E-state index in [9.17, 15) is 0 Å². The Morgan fingerprint density at radius 2 is 1.21 bits per heavy atom. The second-order valence-corrected chi connectivity index (χ2v) is 13.5. The van der Waals surface area contributed by atoms with Gasteiger partial charge in [-0.15, -0.1) is 0 Å². The molecule has 4 nitrogen and oxygen atoms in total. The van der Waals surface area contributed by atoms with Gasteiger partial charge in [0.1, 0.15) is 5.52 Å². The highest BCUT2D eigenvalue weighted by Gasteiger charge is 2.21. The van der Waals surface area contributed by atoms with Crippen molar-refractivity contribution in [2.24, 2.45) is 0 Å². The molecule has 0 spiro atoms. The van der Waals surface area contributed by atoms with Crippen LogP contribution in [0.25, 0.3) is 99.8 Å². The third kappa shape index (κ3) is 4.32. The van der Waals surface area contributed by atoms with Gasteiger partial charge in [-0.05, 0) is 35.9 Å². The van der Waals surface area contributed by atoms with E-state index >= 15 is 0 Å². The second-order valence-electron chi connectivity index (χ2n) is 13.5. The van der Waals surface area contributed by atoms with Gasteiger partial charge in [0.25, 0.3) is 0 Å². The van der Waals surface area contributed by atoms with E-state index in [0.29, 0.717) is 0 Å². The zero-order chi connectivity index (χ0) is 34.2. The maximum atomic E-state index is 5.53. The van der Waals surface area contributed by atoms with Crippen molar-refractivity contribution in [1.29, 1.82) is 0 Å². The van der Waals surface area contributed by atoms with Crippen molar-refractivity contribution in [1.82, 2.24) is 14.5 Å². The highest BCUT2D eigenvalue weighted by Crippen LogP contribution is 2.43. The Balaban J connectivity index is 1.17. The number of nitrogens with two attached hydrogens (primary N) is 1. The maximum Gasteiger partial charge on any atom is 0.168 e. The molecule has 242 valence electrons. The summed E-state index contributed by atoms with van der Waals surface area (Å²) in [6, 6.07) is 58.7. The molecule has 0 aliphatic carbocycles. The first kappa shape index (κ1) is 28.9. The van der Waals surface area contributed by atoms with Crippen LogP contribution in [0.5, 0.6) is 0 Å². The van der Waals surface area contributed by atoms with E-state index in [1.165, 1.54) is 38.4 Å². The zero-order valence-corrected chi connectivity index (χ0v) is 28.2. The molecule has 10 aromatic rings. The number of hydrogen-bond donors (Lipinski definition) is 1. The van der Waals surface area contributed by atoms with Crippen LogP contribution in [0.15, 0.2) is 170 Å². The Bertz CT molecular complexity index is 3070. The third-order valence-electron chi connectivity index (χ3n) is 10.6. The SMILES string of the molecule is C1=Cc2ccc3ccc(-c4ccc(-c5cccc6c5nc(-c5ccccc5)c5ccc7c8ccccc8n(-c8ccccc8)c7c56)cc4)nc3c2[NH2+]1. The standard InChI is InChI=1S/C48H30N4/c1-3-10-32(11-4-1)44-40-26-25-38-37-14-7-8-17-42(37)52(35-12-5-2-6-13-35)48(38)43(40)39-16-9-15-36(47(39)51-44)30-18-20-31(21-19-30)41-27-24-33-22-23-34-28-29-49-45(34)46(33)50-41/h1-29,49H/p+1. The number of pyridine rings is 2. The van der Waals surface area contributed by atoms with Crippen LogP contribution in [0.2, 0.25) is 0 Å². The number of para-hydroxylation sites is 3. The zero-order valence-electron chi connectivity index (χ0n) is 28.2. The predicted molar refractivity (Wildman–Crippen MR) is 216 cm³/mol. The number of aromatic nitrogens is 3. The van der Waals surface area contributed by atoms with E-state index in [1.54, 1.807) is 0 Å². The molecular weight excluding hydrogens is 633 g/mol. The van der Waals surface area contributed by atoms with Crippen LogP contribution in [0.4, 0.5) is 5.69 Å². The highest BCUT2D eigenvalue weighted by molar-refractivity contribution is 6.27. The summed E-state index contributed by atoms with van der Waals surface area (Å²) >= 11 is 0. The lowest BCUT2D eigenvalue weighted by Gasteiger charge is -2.16. The molecule has 0 saturated carbocycles. The Kier molecular flexibility index (Phi) is 6.29. The summed E-state index contributed by atoms with van der Waals surface area (Å²) in [6.45, 7) is 0. The lowest BCUT2D eigenvalue weighted by Crippen LogP contribution is -2.69. The highest BCUT2D eigenvalue weighted by atomic mass is 15.0. The molecule has 52 heavy (non-hydrogen) atoms. The van der Waals surface area contributed by atoms with Gasteiger partial charge in [0.2, 0.25) is 0 Å². The molecule has 0 atom stereocenters. The quantitative estimate of drug-likeness (QED) is 0.150. The van der Waals surface area contributed by atoms with Crippen molar-refractivity contribution in [2.75, 3.05) is 0 Å². The molecular formula is C48H31N4+. The predicted octanol–water partition coefficient (Wildman–Crippen LogP) is 11.2. The van der Waals surface area contributed by atoms with Gasteiger partial charge >= 0.3 is 0 Å². The summed E-state index contributed by atoms with van der Waals surface area (Å²) in [5.41, 5.74) is 14.3. The lowest BCUT2D eigenvalue weighted by atomic mass is 9.94. The number of benzene rings is 7. The molecule has 7 aromatic carbocycles. The van der Waals surface area contributed by atoms with Crippen LogP contribution < -0.4 is 5.32 Å². The topological polar surface area (TPSA) is 47.3 Å². The largest absolute Gasteiger partial charge is 0.309 e. The molecule has 0 radical (unpaired) electrons. The normalized spacial score (nSPS) is 12.5. The van der Waals surface area contributed by atoms with Crippen LogP contribution >= 0.6 is 0 Å². The number of rotatable bonds is 4. The number of hydrogen-bond acceptors (Lipinski definition) is 2. The van der Waals surface area contributed by atoms with Crippen molar-refractivity contribution in [2.45, 2.75) is 0 Å². The van der Waals surface area contributed by atoms with Gasteiger partial charge in [-0.3, -0.25) is 5.32 Å². The van der Waals surface area contributed by atoms with Gasteiger partial charge in [0, 0.05) is 66.3 Å². The fourth-order valence-corrected chi connectivity index (χ4v) is 8.24. The number of fused-ring (bicyclic) bond motifs is 10. The van der Waals surface area contributed by atoms with E-state index in [1.807, 2.05) is 0 Å². The first-order valence-corrected chi connectivity index (χ1v) is 17.8. The van der Waals surface area contributed by atoms with Gasteiger partial charge in [-0.1, -0.05) is 133 Å². The van der Waals surface area contributed by atoms with Crippen LogP contribution in [-0.4, -0.2) is 14.5 Å². The van der Waals surface area contributed by atoms with Crippen molar-refractivity contribution < 1.29 is 5.32 Å². The molecule has 0 saturated heterocycles. The average molecular weight is 664 g/mol. The van der Waals surface area contributed by atoms with Crippen molar-refractivity contribution in [3.8, 4) is 39.3 Å². The molecule has 11 rings (SSSR count). The maximum absolute atomic E-state index is 5.53. The monoisotopic (exact) mass is 663 g/mol. The van der Waals surface area contributed by atoms with Crippen molar-refractivity contribution in [3.05, 3.63) is 176 Å². The lowest BCUT2D eigenvalue weighted by molar-refractivity contribution is -0.490. The molecule has 0 fully saturated rings. The molecule has 2 N–H and O–H groups in total. The minimum absolute atomic E-state index is 0.970. The van der Waals surface area contributed by atoms with E-state index < -0.39 is 0 Å². The summed E-state index contributed by atoms with van der Waals surface area (Å²) in [6.07, 6.45) is 4.25. The minimum Gasteiger partial charge on any atom is -0.309 e. The summed E-state index contributed by atoms with van der Waals surface area (Å²) in [4.78, 5) is 10.7. The van der Waals surface area contributed by atoms with Gasteiger partial charge in [0.05, 0.1) is 34.1 Å². The Labute approximate surface area is 300 Å². The minimum atomic E-state index is 0.970. The van der Waals surface area contributed by atoms with Crippen LogP contribution in [0.1, 0.15) is 5.56 Å². The smallest absolute Gasteiger partial charge is 0.168 e. The molecule has 3 aromatic heterocycles. The van der Waals surface area contributed by atoms with E-state index in [2.05, 4.69) is 186 Å². The van der Waals surface area contributed by atoms with Crippen molar-refractivity contribution >= 4 is 66.1 Å². The van der Waals surface area contributed by atoms with Gasteiger partial charge in [-0.25, -0.2) is 9.97 Å². The van der Waals surface area contributed by atoms with E-state index in [4.69, 9.17) is 9.97 Å². The summed E-state index contributed by atoms with van der Waals surface area (Å²) in [7, 11) is 0. The van der Waals surface area contributed by atoms with Gasteiger partial charge < -0.3 is 4.57 Å². The molecule has 1 aliphatic rings. The summed E-state index contributed by atoms with van der Waals surface area (Å²) in [5.74, 6) is 0. The summed E-state index contributed by atoms with van der Waals surface area (Å²) < 4.78 is 2.43. The average Bonchev–Trinajstić information content (AvgIpc) is 3.84. The molecule has 0 unspecified atom stereocenters. The Morgan fingerprint density at radius 3 is 2.08 bits per heavy atom.